The van der Waals surface area contributed by atoms with Gasteiger partial charge in [0.2, 0.25) is 0 Å². The Bertz CT molecular complexity index is 298. The summed E-state index contributed by atoms with van der Waals surface area (Å²) >= 11 is 0. The van der Waals surface area contributed by atoms with Gasteiger partial charge in [0, 0.05) is 12.1 Å². The zero-order chi connectivity index (χ0) is 11.8. The average molecular weight is 222 g/mol. The Balaban J connectivity index is 2.09. The van der Waals surface area contributed by atoms with Gasteiger partial charge in [-0.05, 0) is 39.7 Å². The number of aromatic nitrogens is 1. The highest BCUT2D eigenvalue weighted by molar-refractivity contribution is 5.20. The van der Waals surface area contributed by atoms with Gasteiger partial charge in [0.1, 0.15) is 5.76 Å². The van der Waals surface area contributed by atoms with Crippen LogP contribution in [0.4, 0.5) is 0 Å². The van der Waals surface area contributed by atoms with Crippen LogP contribution in [0.5, 0.6) is 0 Å². The van der Waals surface area contributed by atoms with Crippen LogP contribution >= 0.6 is 0 Å². The van der Waals surface area contributed by atoms with Crippen molar-refractivity contribution in [1.82, 2.24) is 10.5 Å². The van der Waals surface area contributed by atoms with Crippen LogP contribution < -0.4 is 5.32 Å². The summed E-state index contributed by atoms with van der Waals surface area (Å²) in [6.45, 7) is 9.58. The number of aryl methyl sites for hydroxylation is 2. The van der Waals surface area contributed by atoms with E-state index in [0.717, 1.165) is 31.0 Å². The normalized spacial score (nSPS) is 10.6. The van der Waals surface area contributed by atoms with Crippen molar-refractivity contribution in [1.29, 1.82) is 0 Å². The molecule has 1 heterocycles. The predicted octanol–water partition coefficient (Wildman–Crippen LogP) is 3.13. The Hall–Kier alpha value is -1.09. The van der Waals surface area contributed by atoms with Gasteiger partial charge < -0.3 is 9.84 Å². The highest BCUT2D eigenvalue weighted by atomic mass is 16.5. The van der Waals surface area contributed by atoms with Crippen LogP contribution in [0.2, 0.25) is 0 Å². The second-order valence-corrected chi connectivity index (χ2v) is 4.12. The number of hydrogen-bond acceptors (Lipinski definition) is 3. The summed E-state index contributed by atoms with van der Waals surface area (Å²) in [5.74, 6) is 0.927. The van der Waals surface area contributed by atoms with Gasteiger partial charge >= 0.3 is 0 Å². The first-order valence-corrected chi connectivity index (χ1v) is 5.99. The van der Waals surface area contributed by atoms with Gasteiger partial charge in [0.05, 0.1) is 5.69 Å². The van der Waals surface area contributed by atoms with Crippen LogP contribution in [-0.4, -0.2) is 11.7 Å². The second kappa shape index (κ2) is 7.23. The Morgan fingerprint density at radius 3 is 2.75 bits per heavy atom. The van der Waals surface area contributed by atoms with E-state index < -0.39 is 0 Å². The molecular weight excluding hydrogens is 200 g/mol. The van der Waals surface area contributed by atoms with Gasteiger partial charge in [-0.2, -0.15) is 0 Å². The van der Waals surface area contributed by atoms with E-state index in [1.807, 2.05) is 19.9 Å². The molecule has 16 heavy (non-hydrogen) atoms. The summed E-state index contributed by atoms with van der Waals surface area (Å²) in [6, 6.07) is 0. The van der Waals surface area contributed by atoms with Crippen molar-refractivity contribution < 1.29 is 4.52 Å². The monoisotopic (exact) mass is 222 g/mol. The lowest BCUT2D eigenvalue weighted by atomic mass is 10.2. The molecule has 0 unspecified atom stereocenters. The lowest BCUT2D eigenvalue weighted by Gasteiger charge is -2.03. The van der Waals surface area contributed by atoms with Crippen molar-refractivity contribution >= 4 is 0 Å². The molecule has 0 fully saturated rings. The fourth-order valence-corrected chi connectivity index (χ4v) is 1.68. The van der Waals surface area contributed by atoms with Crippen LogP contribution in [0.15, 0.2) is 17.2 Å². The van der Waals surface area contributed by atoms with Gasteiger partial charge in [0.15, 0.2) is 0 Å². The van der Waals surface area contributed by atoms with Crippen molar-refractivity contribution in [2.24, 2.45) is 0 Å². The fraction of sp³-hybridized carbons (Fsp3) is 0.615. The molecule has 1 N–H and O–H groups in total. The summed E-state index contributed by atoms with van der Waals surface area (Å²) < 4.78 is 5.10. The molecule has 0 bridgehead atoms. The van der Waals surface area contributed by atoms with Gasteiger partial charge in [-0.25, -0.2) is 0 Å². The van der Waals surface area contributed by atoms with E-state index >= 15 is 0 Å². The predicted molar refractivity (Wildman–Crippen MR) is 66.3 cm³/mol. The molecule has 1 rings (SSSR count). The largest absolute Gasteiger partial charge is 0.361 e. The molecule has 0 aromatic carbocycles. The minimum Gasteiger partial charge on any atom is -0.361 e. The lowest BCUT2D eigenvalue weighted by Crippen LogP contribution is -2.15. The SMILES string of the molecule is C=CCCCCCNCc1c(C)noc1C. The third-order valence-electron chi connectivity index (χ3n) is 2.74. The van der Waals surface area contributed by atoms with Crippen molar-refractivity contribution in [2.45, 2.75) is 46.1 Å². The van der Waals surface area contributed by atoms with Crippen molar-refractivity contribution in [3.8, 4) is 0 Å². The van der Waals surface area contributed by atoms with E-state index in [1.165, 1.54) is 24.8 Å². The number of unbranched alkanes of at least 4 members (excludes halogenated alkanes) is 3. The maximum atomic E-state index is 5.10. The molecule has 1 aromatic heterocycles. The summed E-state index contributed by atoms with van der Waals surface area (Å²) in [4.78, 5) is 0. The summed E-state index contributed by atoms with van der Waals surface area (Å²) in [5, 5.41) is 7.35. The van der Waals surface area contributed by atoms with E-state index in [2.05, 4.69) is 17.1 Å². The molecule has 0 aliphatic rings. The molecule has 0 spiro atoms. The first kappa shape index (κ1) is 13.0. The molecule has 0 atom stereocenters. The number of nitrogens with one attached hydrogen (secondary N) is 1. The van der Waals surface area contributed by atoms with E-state index in [9.17, 15) is 0 Å². The molecule has 0 aliphatic heterocycles. The van der Waals surface area contributed by atoms with E-state index in [4.69, 9.17) is 4.52 Å². The first-order valence-electron chi connectivity index (χ1n) is 5.99. The molecule has 0 amide bonds. The smallest absolute Gasteiger partial charge is 0.138 e. The molecule has 90 valence electrons. The summed E-state index contributed by atoms with van der Waals surface area (Å²) in [7, 11) is 0. The zero-order valence-electron chi connectivity index (χ0n) is 10.4. The van der Waals surface area contributed by atoms with Gasteiger partial charge in [-0.15, -0.1) is 6.58 Å². The summed E-state index contributed by atoms with van der Waals surface area (Å²) in [5.41, 5.74) is 2.20. The number of nitrogens with zero attached hydrogens (tertiary/aromatic N) is 1. The quantitative estimate of drug-likeness (QED) is 0.542. The third kappa shape index (κ3) is 4.19. The average Bonchev–Trinajstić information content (AvgIpc) is 2.59. The second-order valence-electron chi connectivity index (χ2n) is 4.12. The number of hydrogen-bond donors (Lipinski definition) is 1. The van der Waals surface area contributed by atoms with E-state index in [-0.39, 0.29) is 0 Å². The highest BCUT2D eigenvalue weighted by Crippen LogP contribution is 2.11. The molecule has 3 nitrogen and oxygen atoms in total. The van der Waals surface area contributed by atoms with Crippen molar-refractivity contribution in [3.05, 3.63) is 29.7 Å². The Kier molecular flexibility index (Phi) is 5.86. The van der Waals surface area contributed by atoms with Crippen LogP contribution in [0, 0.1) is 13.8 Å². The number of allylic oxidation sites excluding steroid dienone is 1. The van der Waals surface area contributed by atoms with Gasteiger partial charge in [-0.1, -0.05) is 17.7 Å². The maximum Gasteiger partial charge on any atom is 0.138 e. The fourth-order valence-electron chi connectivity index (χ4n) is 1.68. The zero-order valence-corrected chi connectivity index (χ0v) is 10.4. The minimum atomic E-state index is 0.864. The maximum absolute atomic E-state index is 5.10. The Labute approximate surface area is 97.9 Å². The van der Waals surface area contributed by atoms with Crippen LogP contribution in [0.1, 0.15) is 42.7 Å². The minimum absolute atomic E-state index is 0.864. The molecular formula is C13H22N2O. The lowest BCUT2D eigenvalue weighted by molar-refractivity contribution is 0.392. The standard InChI is InChI=1S/C13H22N2O/c1-4-5-6-7-8-9-14-10-13-11(2)15-16-12(13)3/h4,14H,1,5-10H2,2-3H3. The van der Waals surface area contributed by atoms with Crippen LogP contribution in [0.3, 0.4) is 0 Å². The van der Waals surface area contributed by atoms with E-state index in [0.29, 0.717) is 0 Å². The van der Waals surface area contributed by atoms with E-state index in [1.54, 1.807) is 0 Å². The first-order chi connectivity index (χ1) is 7.75. The number of rotatable bonds is 8. The third-order valence-corrected chi connectivity index (χ3v) is 2.74. The van der Waals surface area contributed by atoms with Crippen LogP contribution in [-0.2, 0) is 6.54 Å². The van der Waals surface area contributed by atoms with Gasteiger partial charge in [0.25, 0.3) is 0 Å². The van der Waals surface area contributed by atoms with Crippen LogP contribution in [0.25, 0.3) is 0 Å². The van der Waals surface area contributed by atoms with Gasteiger partial charge in [-0.3, -0.25) is 0 Å². The molecule has 0 saturated heterocycles. The Morgan fingerprint density at radius 2 is 2.12 bits per heavy atom. The van der Waals surface area contributed by atoms with Crippen molar-refractivity contribution in [2.75, 3.05) is 6.54 Å². The molecule has 0 radical (unpaired) electrons. The highest BCUT2D eigenvalue weighted by Gasteiger charge is 2.07. The summed E-state index contributed by atoms with van der Waals surface area (Å²) in [6.07, 6.45) is 6.84. The molecule has 3 heteroatoms. The van der Waals surface area contributed by atoms with Crippen molar-refractivity contribution in [3.63, 3.8) is 0 Å². The Morgan fingerprint density at radius 1 is 1.31 bits per heavy atom. The molecule has 0 saturated carbocycles. The molecule has 1 aromatic rings. The topological polar surface area (TPSA) is 38.1 Å². The molecule has 0 aliphatic carbocycles.